The van der Waals surface area contributed by atoms with Gasteiger partial charge >= 0.3 is 0 Å². The number of nitrogens with two attached hydrogens (primary N) is 1. The molecule has 1 aromatic carbocycles. The summed E-state index contributed by atoms with van der Waals surface area (Å²) in [5, 5.41) is 0.937. The fourth-order valence-corrected chi connectivity index (χ4v) is 1.36. The highest BCUT2D eigenvalue weighted by molar-refractivity contribution is 5.97. The summed E-state index contributed by atoms with van der Waals surface area (Å²) in [4.78, 5) is 15.3. The van der Waals surface area contributed by atoms with E-state index in [4.69, 9.17) is 5.73 Å². The van der Waals surface area contributed by atoms with Gasteiger partial charge in [0.2, 0.25) is 0 Å². The molecular formula is C11H10N2O. The molecule has 0 saturated heterocycles. The first-order valence-corrected chi connectivity index (χ1v) is 4.34. The minimum Gasteiger partial charge on any atom is -0.384 e. The van der Waals surface area contributed by atoms with Crippen molar-refractivity contribution in [3.63, 3.8) is 0 Å². The van der Waals surface area contributed by atoms with Crippen molar-refractivity contribution in [2.75, 3.05) is 5.73 Å². The Kier molecular flexibility index (Phi) is 1.93. The van der Waals surface area contributed by atoms with Crippen molar-refractivity contribution in [1.82, 2.24) is 4.98 Å². The maximum absolute atomic E-state index is 11.1. The van der Waals surface area contributed by atoms with Gasteiger partial charge in [0.1, 0.15) is 5.82 Å². The number of nitrogens with zero attached hydrogens (tertiary/aromatic N) is 1. The highest BCUT2D eigenvalue weighted by Gasteiger charge is 2.01. The Balaban J connectivity index is 2.67. The van der Waals surface area contributed by atoms with E-state index in [0.717, 1.165) is 10.9 Å². The molecule has 2 aromatic rings. The number of nitrogen functional groups attached to an aromatic ring is 1. The van der Waals surface area contributed by atoms with Crippen molar-refractivity contribution in [2.45, 2.75) is 6.92 Å². The predicted molar refractivity (Wildman–Crippen MR) is 56.2 cm³/mol. The van der Waals surface area contributed by atoms with E-state index in [-0.39, 0.29) is 5.78 Å². The molecule has 1 aromatic heterocycles. The Bertz CT molecular complexity index is 506. The molecule has 3 nitrogen and oxygen atoms in total. The second-order valence-electron chi connectivity index (χ2n) is 3.20. The summed E-state index contributed by atoms with van der Waals surface area (Å²) in [6.07, 6.45) is 0. The van der Waals surface area contributed by atoms with Crippen LogP contribution in [0, 0.1) is 0 Å². The Morgan fingerprint density at radius 1 is 1.29 bits per heavy atom. The van der Waals surface area contributed by atoms with Gasteiger partial charge in [-0.3, -0.25) is 4.79 Å². The van der Waals surface area contributed by atoms with Crippen LogP contribution in [0.5, 0.6) is 0 Å². The van der Waals surface area contributed by atoms with E-state index in [0.29, 0.717) is 11.4 Å². The molecule has 0 atom stereocenters. The summed E-state index contributed by atoms with van der Waals surface area (Å²) in [6.45, 7) is 1.55. The van der Waals surface area contributed by atoms with Crippen LogP contribution < -0.4 is 5.73 Å². The number of aromatic nitrogens is 1. The Morgan fingerprint density at radius 3 is 2.79 bits per heavy atom. The van der Waals surface area contributed by atoms with Gasteiger partial charge in [-0.2, -0.15) is 0 Å². The number of pyridine rings is 1. The maximum atomic E-state index is 11.1. The van der Waals surface area contributed by atoms with E-state index in [1.165, 1.54) is 0 Å². The van der Waals surface area contributed by atoms with Gasteiger partial charge in [-0.1, -0.05) is 0 Å². The third-order valence-corrected chi connectivity index (χ3v) is 2.12. The average Bonchev–Trinajstić information content (AvgIpc) is 2.16. The number of hydrogen-bond acceptors (Lipinski definition) is 3. The van der Waals surface area contributed by atoms with Crippen molar-refractivity contribution in [3.05, 3.63) is 35.9 Å². The summed E-state index contributed by atoms with van der Waals surface area (Å²) >= 11 is 0. The molecular weight excluding hydrogens is 176 g/mol. The zero-order valence-electron chi connectivity index (χ0n) is 7.82. The summed E-state index contributed by atoms with van der Waals surface area (Å²) in [5.74, 6) is 0.553. The van der Waals surface area contributed by atoms with Crippen molar-refractivity contribution in [3.8, 4) is 0 Å². The fraction of sp³-hybridized carbons (Fsp3) is 0.0909. The van der Waals surface area contributed by atoms with Crippen LogP contribution in [0.4, 0.5) is 5.82 Å². The quantitative estimate of drug-likeness (QED) is 0.693. The Morgan fingerprint density at radius 2 is 2.07 bits per heavy atom. The molecule has 0 radical (unpaired) electrons. The summed E-state index contributed by atoms with van der Waals surface area (Å²) in [6, 6.07) is 8.99. The number of anilines is 1. The minimum absolute atomic E-state index is 0.0590. The van der Waals surface area contributed by atoms with Crippen LogP contribution in [0.1, 0.15) is 17.3 Å². The number of carbonyl (C=O) groups excluding carboxylic acids is 1. The van der Waals surface area contributed by atoms with Gasteiger partial charge < -0.3 is 5.73 Å². The van der Waals surface area contributed by atoms with Crippen molar-refractivity contribution in [1.29, 1.82) is 0 Å². The summed E-state index contributed by atoms with van der Waals surface area (Å²) < 4.78 is 0. The van der Waals surface area contributed by atoms with E-state index < -0.39 is 0 Å². The topological polar surface area (TPSA) is 56.0 Å². The first-order valence-electron chi connectivity index (χ1n) is 4.34. The van der Waals surface area contributed by atoms with Crippen LogP contribution in [0.2, 0.25) is 0 Å². The molecule has 0 aliphatic carbocycles. The van der Waals surface area contributed by atoms with Gasteiger partial charge in [0.25, 0.3) is 0 Å². The van der Waals surface area contributed by atoms with Gasteiger partial charge in [-0.25, -0.2) is 4.98 Å². The molecule has 2 N–H and O–H groups in total. The van der Waals surface area contributed by atoms with E-state index in [9.17, 15) is 4.79 Å². The van der Waals surface area contributed by atoms with Crippen LogP contribution in [0.3, 0.4) is 0 Å². The van der Waals surface area contributed by atoms with Gasteiger partial charge in [0, 0.05) is 10.9 Å². The van der Waals surface area contributed by atoms with Gasteiger partial charge in [-0.05, 0) is 37.3 Å². The van der Waals surface area contributed by atoms with E-state index >= 15 is 0 Å². The normalized spacial score (nSPS) is 10.4. The maximum Gasteiger partial charge on any atom is 0.159 e. The third kappa shape index (κ3) is 1.44. The Hall–Kier alpha value is -1.90. The van der Waals surface area contributed by atoms with E-state index in [1.807, 2.05) is 18.2 Å². The SMILES string of the molecule is CC(=O)c1ccc2nc(N)ccc2c1. The molecule has 0 saturated carbocycles. The summed E-state index contributed by atoms with van der Waals surface area (Å²) in [5.41, 5.74) is 7.06. The predicted octanol–water partition coefficient (Wildman–Crippen LogP) is 2.02. The average molecular weight is 186 g/mol. The van der Waals surface area contributed by atoms with Crippen LogP contribution >= 0.6 is 0 Å². The molecule has 2 rings (SSSR count). The smallest absolute Gasteiger partial charge is 0.159 e. The standard InChI is InChI=1S/C11H10N2O/c1-7(14)8-2-4-10-9(6-8)3-5-11(12)13-10/h2-6H,1H3,(H2,12,13). The zero-order valence-corrected chi connectivity index (χ0v) is 7.82. The van der Waals surface area contributed by atoms with Crippen LogP contribution in [-0.2, 0) is 0 Å². The molecule has 0 amide bonds. The number of ketones is 1. The van der Waals surface area contributed by atoms with E-state index in [1.54, 1.807) is 19.1 Å². The second-order valence-corrected chi connectivity index (χ2v) is 3.20. The first kappa shape index (κ1) is 8.69. The lowest BCUT2D eigenvalue weighted by molar-refractivity contribution is 0.101. The lowest BCUT2D eigenvalue weighted by Gasteiger charge is -2.00. The number of carbonyl (C=O) groups is 1. The zero-order chi connectivity index (χ0) is 10.1. The van der Waals surface area contributed by atoms with Crippen LogP contribution in [0.25, 0.3) is 10.9 Å². The van der Waals surface area contributed by atoms with Crippen LogP contribution in [-0.4, -0.2) is 10.8 Å². The molecule has 3 heteroatoms. The highest BCUT2D eigenvalue weighted by atomic mass is 16.1. The molecule has 0 fully saturated rings. The second kappa shape index (κ2) is 3.10. The summed E-state index contributed by atoms with van der Waals surface area (Å²) in [7, 11) is 0. The molecule has 0 aliphatic heterocycles. The number of benzene rings is 1. The van der Waals surface area contributed by atoms with Crippen molar-refractivity contribution < 1.29 is 4.79 Å². The molecule has 14 heavy (non-hydrogen) atoms. The molecule has 0 unspecified atom stereocenters. The van der Waals surface area contributed by atoms with E-state index in [2.05, 4.69) is 4.98 Å². The molecule has 0 aliphatic rings. The largest absolute Gasteiger partial charge is 0.384 e. The minimum atomic E-state index is 0.0590. The van der Waals surface area contributed by atoms with Crippen LogP contribution in [0.15, 0.2) is 30.3 Å². The number of Topliss-reactive ketones (excluding diaryl/α,β-unsaturated/α-hetero) is 1. The lowest BCUT2D eigenvalue weighted by atomic mass is 10.1. The van der Waals surface area contributed by atoms with Gasteiger partial charge in [-0.15, -0.1) is 0 Å². The molecule has 0 spiro atoms. The third-order valence-electron chi connectivity index (χ3n) is 2.12. The van der Waals surface area contributed by atoms with Gasteiger partial charge in [0.05, 0.1) is 5.52 Å². The molecule has 0 bridgehead atoms. The number of fused-ring (bicyclic) bond motifs is 1. The van der Waals surface area contributed by atoms with Gasteiger partial charge in [0.15, 0.2) is 5.78 Å². The Labute approximate surface area is 81.6 Å². The molecule has 1 heterocycles. The molecule has 70 valence electrons. The fourth-order valence-electron chi connectivity index (χ4n) is 1.36. The monoisotopic (exact) mass is 186 g/mol. The highest BCUT2D eigenvalue weighted by Crippen LogP contribution is 2.15. The van der Waals surface area contributed by atoms with Crippen molar-refractivity contribution >= 4 is 22.5 Å². The number of rotatable bonds is 1. The number of hydrogen-bond donors (Lipinski definition) is 1. The van der Waals surface area contributed by atoms with Crippen molar-refractivity contribution in [2.24, 2.45) is 0 Å². The lowest BCUT2D eigenvalue weighted by Crippen LogP contribution is -1.93. The first-order chi connectivity index (χ1) is 6.66.